The zero-order chi connectivity index (χ0) is 31.3. The molecule has 1 saturated carbocycles. The topological polar surface area (TPSA) is 140 Å². The summed E-state index contributed by atoms with van der Waals surface area (Å²) < 4.78 is 10.7. The number of hydrogen-bond acceptors (Lipinski definition) is 7. The summed E-state index contributed by atoms with van der Waals surface area (Å²) in [6, 6.07) is 17.2. The van der Waals surface area contributed by atoms with E-state index < -0.39 is 36.1 Å². The molecule has 3 fully saturated rings. The Hall–Kier alpha value is -3.92. The maximum Gasteiger partial charge on any atom is 0.407 e. The first-order chi connectivity index (χ1) is 21.4. The van der Waals surface area contributed by atoms with Gasteiger partial charge in [-0.15, -0.1) is 0 Å². The quantitative estimate of drug-likeness (QED) is 0.195. The van der Waals surface area contributed by atoms with Crippen LogP contribution in [-0.2, 0) is 36.9 Å². The Kier molecular flexibility index (Phi) is 12.6. The number of rotatable bonds is 16. The third kappa shape index (κ3) is 9.29. The maximum atomic E-state index is 14.2. The predicted octanol–water partition coefficient (Wildman–Crippen LogP) is 3.86. The second-order valence-electron chi connectivity index (χ2n) is 11.7. The number of aryl methyl sites for hydroxylation is 1. The molecule has 5 rings (SSSR count). The van der Waals surface area contributed by atoms with Crippen molar-refractivity contribution in [2.24, 2.45) is 11.7 Å². The van der Waals surface area contributed by atoms with E-state index in [2.05, 4.69) is 10.6 Å². The van der Waals surface area contributed by atoms with Gasteiger partial charge in [-0.2, -0.15) is 0 Å². The lowest BCUT2D eigenvalue weighted by atomic mass is 9.74. The van der Waals surface area contributed by atoms with Gasteiger partial charge in [0.25, 0.3) is 0 Å². The molecule has 10 nitrogen and oxygen atoms in total. The number of ether oxygens (including phenoxy) is 2. The average Bonchev–Trinajstić information content (AvgIpc) is 3.05. The van der Waals surface area contributed by atoms with E-state index in [0.717, 1.165) is 36.8 Å². The molecule has 3 atom stereocenters. The van der Waals surface area contributed by atoms with E-state index in [9.17, 15) is 19.2 Å². The Morgan fingerprint density at radius 1 is 0.864 bits per heavy atom. The van der Waals surface area contributed by atoms with E-state index in [-0.39, 0.29) is 31.1 Å². The van der Waals surface area contributed by atoms with Gasteiger partial charge in [0.1, 0.15) is 18.7 Å². The van der Waals surface area contributed by atoms with Crippen LogP contribution < -0.4 is 16.4 Å². The highest BCUT2D eigenvalue weighted by Gasteiger charge is 2.48. The molecule has 4 N–H and O–H groups in total. The second kappa shape index (κ2) is 16.8. The van der Waals surface area contributed by atoms with Gasteiger partial charge in [-0.1, -0.05) is 60.7 Å². The van der Waals surface area contributed by atoms with Crippen LogP contribution in [0.15, 0.2) is 60.7 Å². The second-order valence-corrected chi connectivity index (χ2v) is 11.7. The molecule has 3 amide bonds. The molecular formula is C34H46N4O6. The summed E-state index contributed by atoms with van der Waals surface area (Å²) in [7, 11) is 0. The Morgan fingerprint density at radius 3 is 2.16 bits per heavy atom. The maximum absolute atomic E-state index is 14.2. The summed E-state index contributed by atoms with van der Waals surface area (Å²) in [6.45, 7) is 2.55. The van der Waals surface area contributed by atoms with Crippen LogP contribution in [0.5, 0.6) is 0 Å². The first kappa shape index (κ1) is 33.0. The van der Waals surface area contributed by atoms with Crippen molar-refractivity contribution in [2.75, 3.05) is 13.2 Å². The van der Waals surface area contributed by atoms with Crippen molar-refractivity contribution in [1.29, 1.82) is 0 Å². The summed E-state index contributed by atoms with van der Waals surface area (Å²) in [6.07, 6.45) is 5.65. The van der Waals surface area contributed by atoms with Gasteiger partial charge in [-0.05, 0) is 81.8 Å². The monoisotopic (exact) mass is 606 g/mol. The molecular weight excluding hydrogens is 560 g/mol. The number of unbranched alkanes of at least 4 members (excludes halogenated alkanes) is 1. The number of benzene rings is 2. The number of alkyl carbamates (subject to hydrolysis) is 1. The number of piperidine rings is 2. The molecule has 2 aromatic carbocycles. The highest BCUT2D eigenvalue weighted by atomic mass is 16.5. The van der Waals surface area contributed by atoms with Crippen LogP contribution in [0.1, 0.15) is 69.4 Å². The molecule has 1 aliphatic carbocycles. The fourth-order valence-electron chi connectivity index (χ4n) is 6.44. The van der Waals surface area contributed by atoms with Crippen LogP contribution in [0.25, 0.3) is 0 Å². The van der Waals surface area contributed by atoms with Crippen LogP contribution in [0.2, 0.25) is 0 Å². The highest BCUT2D eigenvalue weighted by molar-refractivity contribution is 5.90. The number of primary amides is 1. The summed E-state index contributed by atoms with van der Waals surface area (Å²) in [5.74, 6) is -1.02. The number of fused-ring (bicyclic) bond motifs is 3. The highest BCUT2D eigenvalue weighted by Crippen LogP contribution is 2.40. The first-order valence-electron chi connectivity index (χ1n) is 15.9. The number of esters is 1. The van der Waals surface area contributed by atoms with Crippen molar-refractivity contribution in [3.8, 4) is 0 Å². The molecule has 2 saturated heterocycles. The van der Waals surface area contributed by atoms with Crippen molar-refractivity contribution in [1.82, 2.24) is 15.5 Å². The molecule has 0 radical (unpaired) electrons. The number of nitrogens with one attached hydrogen (secondary N) is 2. The molecule has 238 valence electrons. The van der Waals surface area contributed by atoms with Crippen LogP contribution in [0.3, 0.4) is 0 Å². The number of nitrogens with zero attached hydrogens (tertiary/aromatic N) is 1. The zero-order valence-corrected chi connectivity index (χ0v) is 25.6. The molecule has 0 unspecified atom stereocenters. The van der Waals surface area contributed by atoms with E-state index in [1.54, 1.807) is 11.8 Å². The van der Waals surface area contributed by atoms with Crippen molar-refractivity contribution in [3.05, 3.63) is 71.8 Å². The van der Waals surface area contributed by atoms with Crippen LogP contribution in [-0.4, -0.2) is 66.1 Å². The van der Waals surface area contributed by atoms with Gasteiger partial charge in [0.2, 0.25) is 11.8 Å². The minimum absolute atomic E-state index is 0.0410. The van der Waals surface area contributed by atoms with Gasteiger partial charge in [-0.25, -0.2) is 4.79 Å². The third-order valence-corrected chi connectivity index (χ3v) is 8.66. The molecule has 44 heavy (non-hydrogen) atoms. The largest absolute Gasteiger partial charge is 0.465 e. The van der Waals surface area contributed by atoms with E-state index in [1.807, 2.05) is 60.7 Å². The van der Waals surface area contributed by atoms with Gasteiger partial charge in [0.05, 0.1) is 12.6 Å². The Bertz CT molecular complexity index is 1220. The van der Waals surface area contributed by atoms with Crippen molar-refractivity contribution in [2.45, 2.75) is 95.5 Å². The minimum atomic E-state index is -0.716. The summed E-state index contributed by atoms with van der Waals surface area (Å²) in [4.78, 5) is 53.7. The molecule has 2 heterocycles. The zero-order valence-electron chi connectivity index (χ0n) is 25.6. The van der Waals surface area contributed by atoms with Crippen LogP contribution >= 0.6 is 0 Å². The minimum Gasteiger partial charge on any atom is -0.465 e. The molecule has 10 heteroatoms. The number of carbonyl (C=O) groups excluding carboxylic acids is 4. The molecule has 2 bridgehead atoms. The van der Waals surface area contributed by atoms with E-state index in [1.165, 1.54) is 0 Å². The number of hydrogen-bond donors (Lipinski definition) is 3. The van der Waals surface area contributed by atoms with Gasteiger partial charge in [0, 0.05) is 12.6 Å². The average molecular weight is 607 g/mol. The summed E-state index contributed by atoms with van der Waals surface area (Å²) in [5.41, 5.74) is 7.82. The SMILES string of the molecule is CCOC(=O)[C@H](CCc1ccccc1)N[C@@H](CCCCNC(=O)OCc1ccccc1)C(=O)N1C2CCC(CC2)[C@H]1C(N)=O. The molecule has 2 aliphatic heterocycles. The van der Waals surface area contributed by atoms with Crippen molar-refractivity contribution in [3.63, 3.8) is 0 Å². The predicted molar refractivity (Wildman–Crippen MR) is 166 cm³/mol. The Labute approximate surface area is 260 Å². The van der Waals surface area contributed by atoms with Crippen LogP contribution in [0.4, 0.5) is 4.79 Å². The Balaban J connectivity index is 1.40. The van der Waals surface area contributed by atoms with Gasteiger partial charge in [0.15, 0.2) is 0 Å². The van der Waals surface area contributed by atoms with Crippen molar-refractivity contribution < 1.29 is 28.7 Å². The number of amides is 3. The number of nitrogens with two attached hydrogens (primary N) is 1. The fourth-order valence-corrected chi connectivity index (χ4v) is 6.44. The standard InChI is InChI=1S/C34H46N4O6/c1-2-43-33(41)29(21-16-24-11-5-3-6-12-24)37-28(32(40)38-27-19-17-26(18-20-27)30(38)31(35)39)15-9-10-22-36-34(42)44-23-25-13-7-4-8-14-25/h3-8,11-14,26-30,37H,2,9-10,15-23H2,1H3,(H2,35,39)(H,36,42)/t26?,27?,28-,29-,30-/m0/s1. The van der Waals surface area contributed by atoms with E-state index in [0.29, 0.717) is 38.6 Å². The number of carbonyl (C=O) groups is 4. The van der Waals surface area contributed by atoms with E-state index >= 15 is 0 Å². The summed E-state index contributed by atoms with van der Waals surface area (Å²) in [5, 5.41) is 6.10. The van der Waals surface area contributed by atoms with Gasteiger partial charge < -0.3 is 25.4 Å². The lowest BCUT2D eigenvalue weighted by Crippen LogP contribution is -2.65. The van der Waals surface area contributed by atoms with Gasteiger partial charge in [-0.3, -0.25) is 19.7 Å². The van der Waals surface area contributed by atoms with Crippen LogP contribution in [0, 0.1) is 5.92 Å². The summed E-state index contributed by atoms with van der Waals surface area (Å²) >= 11 is 0. The lowest BCUT2D eigenvalue weighted by molar-refractivity contribution is -0.155. The Morgan fingerprint density at radius 2 is 1.52 bits per heavy atom. The smallest absolute Gasteiger partial charge is 0.407 e. The van der Waals surface area contributed by atoms with Crippen molar-refractivity contribution >= 4 is 23.9 Å². The molecule has 2 aromatic rings. The normalized spacial score (nSPS) is 20.4. The van der Waals surface area contributed by atoms with Gasteiger partial charge >= 0.3 is 12.1 Å². The van der Waals surface area contributed by atoms with E-state index in [4.69, 9.17) is 15.2 Å². The molecule has 0 spiro atoms. The molecule has 0 aromatic heterocycles. The third-order valence-electron chi connectivity index (χ3n) is 8.66. The lowest BCUT2D eigenvalue weighted by Gasteiger charge is -2.51. The first-order valence-corrected chi connectivity index (χ1v) is 15.9. The fraction of sp³-hybridized carbons (Fsp3) is 0.529. The molecule has 3 aliphatic rings.